The lowest BCUT2D eigenvalue weighted by Gasteiger charge is -2.32. The van der Waals surface area contributed by atoms with E-state index in [1.165, 1.54) is 6.08 Å². The second kappa shape index (κ2) is 9.50. The van der Waals surface area contributed by atoms with Gasteiger partial charge in [-0.2, -0.15) is 0 Å². The van der Waals surface area contributed by atoms with Gasteiger partial charge >= 0.3 is 0 Å². The molecule has 1 aromatic heterocycles. The van der Waals surface area contributed by atoms with E-state index >= 15 is 0 Å². The first-order chi connectivity index (χ1) is 13.6. The van der Waals surface area contributed by atoms with Gasteiger partial charge in [-0.3, -0.25) is 9.59 Å². The van der Waals surface area contributed by atoms with Crippen LogP contribution in [-0.2, 0) is 9.59 Å². The van der Waals surface area contributed by atoms with Crippen molar-refractivity contribution >= 4 is 23.2 Å². The number of amides is 2. The molecule has 0 saturated carbocycles. The van der Waals surface area contributed by atoms with Crippen molar-refractivity contribution in [3.8, 4) is 17.0 Å². The van der Waals surface area contributed by atoms with Crippen molar-refractivity contribution < 1.29 is 14.3 Å². The summed E-state index contributed by atoms with van der Waals surface area (Å²) in [6.45, 7) is 5.17. The van der Waals surface area contributed by atoms with Gasteiger partial charge in [0, 0.05) is 42.9 Å². The number of likely N-dealkylation sites (tertiary alicyclic amines) is 1. The van der Waals surface area contributed by atoms with Gasteiger partial charge in [0.2, 0.25) is 11.8 Å². The summed E-state index contributed by atoms with van der Waals surface area (Å²) < 4.78 is 5.44. The van der Waals surface area contributed by atoms with Crippen LogP contribution in [0.4, 0.5) is 0 Å². The second-order valence-corrected chi connectivity index (χ2v) is 7.59. The minimum Gasteiger partial charge on any atom is -0.496 e. The molecule has 1 fully saturated rings. The lowest BCUT2D eigenvalue weighted by Crippen LogP contribution is -2.40. The van der Waals surface area contributed by atoms with E-state index < -0.39 is 0 Å². The number of piperidine rings is 1. The molecule has 1 aliphatic heterocycles. The van der Waals surface area contributed by atoms with Crippen molar-refractivity contribution in [2.75, 3.05) is 26.7 Å². The fraction of sp³-hybridized carbons (Fsp3) is 0.381. The molecule has 1 unspecified atom stereocenters. The predicted octanol–water partition coefficient (Wildman–Crippen LogP) is 3.22. The zero-order valence-corrected chi connectivity index (χ0v) is 16.8. The number of para-hydroxylation sites is 1. The van der Waals surface area contributed by atoms with Gasteiger partial charge in [0.1, 0.15) is 5.75 Å². The average molecular weight is 400 g/mol. The fourth-order valence-corrected chi connectivity index (χ4v) is 4.33. The molecule has 2 amide bonds. The van der Waals surface area contributed by atoms with Gasteiger partial charge < -0.3 is 15.0 Å². The lowest BCUT2D eigenvalue weighted by atomic mass is 9.98. The molecule has 148 valence electrons. The number of nitrogens with zero attached hydrogens (tertiary/aromatic N) is 2. The summed E-state index contributed by atoms with van der Waals surface area (Å²) in [6.07, 6.45) is 3.49. The van der Waals surface area contributed by atoms with Crippen LogP contribution in [0.1, 0.15) is 30.2 Å². The molecule has 0 aliphatic carbocycles. The highest BCUT2D eigenvalue weighted by molar-refractivity contribution is 7.10. The molecule has 2 heterocycles. The van der Waals surface area contributed by atoms with Gasteiger partial charge in [-0.05, 0) is 31.1 Å². The van der Waals surface area contributed by atoms with Crippen molar-refractivity contribution in [3.63, 3.8) is 0 Å². The van der Waals surface area contributed by atoms with Crippen molar-refractivity contribution in [2.24, 2.45) is 0 Å². The van der Waals surface area contributed by atoms with Gasteiger partial charge in [0.25, 0.3) is 0 Å². The monoisotopic (exact) mass is 399 g/mol. The van der Waals surface area contributed by atoms with Crippen LogP contribution in [0, 0.1) is 0 Å². The Morgan fingerprint density at radius 2 is 2.25 bits per heavy atom. The highest BCUT2D eigenvalue weighted by Crippen LogP contribution is 2.35. The summed E-state index contributed by atoms with van der Waals surface area (Å²) in [4.78, 5) is 30.4. The van der Waals surface area contributed by atoms with Crippen LogP contribution in [-0.4, -0.2) is 48.4 Å². The van der Waals surface area contributed by atoms with Crippen LogP contribution < -0.4 is 10.1 Å². The van der Waals surface area contributed by atoms with E-state index in [1.54, 1.807) is 18.4 Å². The number of hydrogen-bond donors (Lipinski definition) is 1. The predicted molar refractivity (Wildman–Crippen MR) is 110 cm³/mol. The number of rotatable bonds is 7. The smallest absolute Gasteiger partial charge is 0.243 e. The molecule has 28 heavy (non-hydrogen) atoms. The molecule has 7 heteroatoms. The quantitative estimate of drug-likeness (QED) is 0.726. The summed E-state index contributed by atoms with van der Waals surface area (Å²) in [5, 5.41) is 5.76. The Hall–Kier alpha value is -2.67. The number of hydrogen-bond acceptors (Lipinski definition) is 5. The first-order valence-corrected chi connectivity index (χ1v) is 10.3. The highest BCUT2D eigenvalue weighted by Gasteiger charge is 2.26. The third-order valence-electron chi connectivity index (χ3n) is 4.85. The van der Waals surface area contributed by atoms with Crippen molar-refractivity contribution in [1.29, 1.82) is 0 Å². The van der Waals surface area contributed by atoms with E-state index in [4.69, 9.17) is 9.72 Å². The van der Waals surface area contributed by atoms with E-state index in [1.807, 2.05) is 29.2 Å². The minimum absolute atomic E-state index is 0.0653. The third kappa shape index (κ3) is 4.78. The molecule has 1 saturated heterocycles. The van der Waals surface area contributed by atoms with E-state index in [9.17, 15) is 9.59 Å². The van der Waals surface area contributed by atoms with Crippen LogP contribution >= 0.6 is 11.3 Å². The maximum absolute atomic E-state index is 12.5. The number of carbonyl (C=O) groups excluding carboxylic acids is 2. The third-order valence-corrected chi connectivity index (χ3v) is 5.86. The Labute approximate surface area is 169 Å². The van der Waals surface area contributed by atoms with Crippen LogP contribution in [0.3, 0.4) is 0 Å². The normalized spacial score (nSPS) is 16.5. The van der Waals surface area contributed by atoms with Crippen molar-refractivity contribution in [3.05, 3.63) is 47.3 Å². The maximum atomic E-state index is 12.5. The van der Waals surface area contributed by atoms with Gasteiger partial charge in [-0.1, -0.05) is 18.7 Å². The van der Waals surface area contributed by atoms with Crippen LogP contribution in [0.25, 0.3) is 11.3 Å². The summed E-state index contributed by atoms with van der Waals surface area (Å²) in [5.74, 6) is 0.863. The average Bonchev–Trinajstić information content (AvgIpc) is 3.23. The molecule has 0 spiro atoms. The Kier molecular flexibility index (Phi) is 6.81. The van der Waals surface area contributed by atoms with E-state index in [0.29, 0.717) is 19.5 Å². The van der Waals surface area contributed by atoms with E-state index in [-0.39, 0.29) is 17.7 Å². The van der Waals surface area contributed by atoms with E-state index in [0.717, 1.165) is 41.4 Å². The topological polar surface area (TPSA) is 71.5 Å². The largest absolute Gasteiger partial charge is 0.496 e. The Morgan fingerprint density at radius 1 is 1.43 bits per heavy atom. The number of methoxy groups -OCH3 is 1. The number of carbonyl (C=O) groups is 2. The molecule has 2 aromatic rings. The van der Waals surface area contributed by atoms with Gasteiger partial charge in [-0.25, -0.2) is 4.98 Å². The molecule has 1 N–H and O–H groups in total. The van der Waals surface area contributed by atoms with Crippen LogP contribution in [0.2, 0.25) is 0 Å². The molecular weight excluding hydrogens is 374 g/mol. The Morgan fingerprint density at radius 3 is 3.04 bits per heavy atom. The number of aromatic nitrogens is 1. The maximum Gasteiger partial charge on any atom is 0.243 e. The SMILES string of the molecule is C=CC(=O)NCCC(=O)N1CCCC(c2nc(-c3ccccc3OC)cs2)C1. The highest BCUT2D eigenvalue weighted by atomic mass is 32.1. The summed E-state index contributed by atoms with van der Waals surface area (Å²) >= 11 is 1.64. The first-order valence-electron chi connectivity index (χ1n) is 9.39. The van der Waals surface area contributed by atoms with Crippen LogP contribution in [0.15, 0.2) is 42.3 Å². The molecule has 1 aliphatic rings. The summed E-state index contributed by atoms with van der Waals surface area (Å²) in [5.41, 5.74) is 1.89. The minimum atomic E-state index is -0.254. The van der Waals surface area contributed by atoms with Crippen molar-refractivity contribution in [2.45, 2.75) is 25.2 Å². The lowest BCUT2D eigenvalue weighted by molar-refractivity contribution is -0.132. The molecule has 0 bridgehead atoms. The molecule has 0 radical (unpaired) electrons. The molecule has 3 rings (SSSR count). The van der Waals surface area contributed by atoms with Gasteiger partial charge in [0.05, 0.1) is 17.8 Å². The molecule has 6 nitrogen and oxygen atoms in total. The van der Waals surface area contributed by atoms with Gasteiger partial charge in [-0.15, -0.1) is 11.3 Å². The van der Waals surface area contributed by atoms with Gasteiger partial charge in [0.15, 0.2) is 0 Å². The Bertz CT molecular complexity index is 849. The number of benzene rings is 1. The number of nitrogens with one attached hydrogen (secondary N) is 1. The number of thiazole rings is 1. The van der Waals surface area contributed by atoms with E-state index in [2.05, 4.69) is 17.3 Å². The first kappa shape index (κ1) is 20.1. The second-order valence-electron chi connectivity index (χ2n) is 6.70. The van der Waals surface area contributed by atoms with Crippen molar-refractivity contribution in [1.82, 2.24) is 15.2 Å². The Balaban J connectivity index is 1.63. The fourth-order valence-electron chi connectivity index (χ4n) is 3.38. The molecule has 1 aromatic carbocycles. The number of ether oxygens (including phenoxy) is 1. The molecular formula is C21H25N3O3S. The summed E-state index contributed by atoms with van der Waals surface area (Å²) in [7, 11) is 1.66. The molecule has 1 atom stereocenters. The van der Waals surface area contributed by atoms with Crippen LogP contribution in [0.5, 0.6) is 5.75 Å². The zero-order chi connectivity index (χ0) is 19.9. The zero-order valence-electron chi connectivity index (χ0n) is 16.0. The standard InChI is InChI=1S/C21H25N3O3S/c1-3-19(25)22-11-10-20(26)24-12-6-7-15(13-24)21-23-17(14-28-21)16-8-4-5-9-18(16)27-2/h3-5,8-9,14-15H,1,6-7,10-13H2,2H3,(H,22,25). The summed E-state index contributed by atoms with van der Waals surface area (Å²) in [6, 6.07) is 7.85.